The minimum atomic E-state index is 0.723. The monoisotopic (exact) mass is 392 g/mol. The lowest BCUT2D eigenvalue weighted by atomic mass is 9.93. The molecule has 0 spiro atoms. The first kappa shape index (κ1) is 15.4. The Labute approximate surface area is 154 Å². The van der Waals surface area contributed by atoms with Crippen LogP contribution in [0.2, 0.25) is 5.02 Å². The van der Waals surface area contributed by atoms with Gasteiger partial charge in [-0.2, -0.15) is 0 Å². The van der Waals surface area contributed by atoms with Gasteiger partial charge in [-0.1, -0.05) is 84.4 Å². The number of halogens is 2. The van der Waals surface area contributed by atoms with Gasteiger partial charge in [0, 0.05) is 4.47 Å². The molecule has 4 rings (SSSR count). The van der Waals surface area contributed by atoms with Crippen molar-refractivity contribution < 1.29 is 0 Å². The highest BCUT2D eigenvalue weighted by molar-refractivity contribution is 9.10. The van der Waals surface area contributed by atoms with E-state index in [4.69, 9.17) is 11.6 Å². The highest BCUT2D eigenvalue weighted by Crippen LogP contribution is 2.39. The summed E-state index contributed by atoms with van der Waals surface area (Å²) in [6.45, 7) is 0. The standard InChI is InChI=1S/C22H14BrCl/c23-22-20(10-5-11-21(22)24)19-9-4-3-8-18(19)17-13-12-15-6-1-2-7-16(15)14-17/h1-14H. The maximum absolute atomic E-state index is 6.29. The Morgan fingerprint density at radius 3 is 2.08 bits per heavy atom. The Balaban J connectivity index is 1.94. The van der Waals surface area contributed by atoms with Crippen LogP contribution in [0.25, 0.3) is 33.0 Å². The van der Waals surface area contributed by atoms with Gasteiger partial charge < -0.3 is 0 Å². The summed E-state index contributed by atoms with van der Waals surface area (Å²) in [4.78, 5) is 0. The number of hydrogen-bond acceptors (Lipinski definition) is 0. The van der Waals surface area contributed by atoms with Gasteiger partial charge >= 0.3 is 0 Å². The molecule has 0 atom stereocenters. The molecule has 0 amide bonds. The highest BCUT2D eigenvalue weighted by Gasteiger charge is 2.11. The molecule has 0 fully saturated rings. The van der Waals surface area contributed by atoms with Gasteiger partial charge in [0.1, 0.15) is 0 Å². The molecule has 0 radical (unpaired) electrons. The topological polar surface area (TPSA) is 0 Å². The maximum Gasteiger partial charge on any atom is 0.0554 e. The third-order valence-corrected chi connectivity index (χ3v) is 5.63. The molecule has 0 unspecified atom stereocenters. The Morgan fingerprint density at radius 1 is 0.583 bits per heavy atom. The van der Waals surface area contributed by atoms with Gasteiger partial charge in [0.25, 0.3) is 0 Å². The summed E-state index contributed by atoms with van der Waals surface area (Å²) in [5, 5.41) is 3.22. The summed E-state index contributed by atoms with van der Waals surface area (Å²) in [6, 6.07) is 29.4. The summed E-state index contributed by atoms with van der Waals surface area (Å²) >= 11 is 9.92. The Kier molecular flexibility index (Phi) is 4.13. The molecule has 0 heterocycles. The van der Waals surface area contributed by atoms with Crippen molar-refractivity contribution in [2.24, 2.45) is 0 Å². The number of rotatable bonds is 2. The number of hydrogen-bond donors (Lipinski definition) is 0. The molecular weight excluding hydrogens is 380 g/mol. The molecule has 0 N–H and O–H groups in total. The largest absolute Gasteiger partial charge is 0.0831 e. The lowest BCUT2D eigenvalue weighted by Gasteiger charge is -2.13. The molecule has 4 aromatic carbocycles. The normalized spacial score (nSPS) is 10.9. The van der Waals surface area contributed by atoms with Crippen LogP contribution in [0.5, 0.6) is 0 Å². The molecule has 0 saturated carbocycles. The van der Waals surface area contributed by atoms with Gasteiger partial charge in [-0.3, -0.25) is 0 Å². The fraction of sp³-hybridized carbons (Fsp3) is 0. The van der Waals surface area contributed by atoms with Crippen molar-refractivity contribution in [3.05, 3.63) is 94.4 Å². The maximum atomic E-state index is 6.29. The van der Waals surface area contributed by atoms with Crippen LogP contribution in [0.4, 0.5) is 0 Å². The van der Waals surface area contributed by atoms with Crippen LogP contribution in [0.15, 0.2) is 89.4 Å². The molecule has 0 saturated heterocycles. The van der Waals surface area contributed by atoms with Crippen LogP contribution in [-0.2, 0) is 0 Å². The molecule has 4 aromatic rings. The Hall–Kier alpha value is -2.09. The quantitative estimate of drug-likeness (QED) is 0.329. The summed E-state index contributed by atoms with van der Waals surface area (Å²) in [6.07, 6.45) is 0. The second-order valence-corrected chi connectivity index (χ2v) is 6.91. The van der Waals surface area contributed by atoms with Gasteiger partial charge in [-0.25, -0.2) is 0 Å². The third-order valence-electron chi connectivity index (χ3n) is 4.23. The first-order valence-corrected chi connectivity index (χ1v) is 8.94. The lowest BCUT2D eigenvalue weighted by molar-refractivity contribution is 1.57. The summed E-state index contributed by atoms with van der Waals surface area (Å²) in [7, 11) is 0. The van der Waals surface area contributed by atoms with E-state index in [0.29, 0.717) is 0 Å². The van der Waals surface area contributed by atoms with E-state index >= 15 is 0 Å². The van der Waals surface area contributed by atoms with Gasteiger partial charge in [0.05, 0.1) is 5.02 Å². The summed E-state index contributed by atoms with van der Waals surface area (Å²) < 4.78 is 0.930. The average Bonchev–Trinajstić information content (AvgIpc) is 2.64. The van der Waals surface area contributed by atoms with Crippen molar-refractivity contribution in [3.63, 3.8) is 0 Å². The van der Waals surface area contributed by atoms with Crippen LogP contribution in [0.3, 0.4) is 0 Å². The summed E-state index contributed by atoms with van der Waals surface area (Å²) in [5.74, 6) is 0. The number of benzene rings is 4. The third kappa shape index (κ3) is 2.75. The minimum absolute atomic E-state index is 0.723. The van der Waals surface area contributed by atoms with E-state index in [1.807, 2.05) is 12.1 Å². The molecule has 0 bridgehead atoms. The van der Waals surface area contributed by atoms with Gasteiger partial charge in [-0.05, 0) is 61.1 Å². The zero-order valence-corrected chi connectivity index (χ0v) is 15.2. The van der Waals surface area contributed by atoms with Gasteiger partial charge in [0.15, 0.2) is 0 Å². The molecule has 0 aliphatic rings. The molecule has 116 valence electrons. The van der Waals surface area contributed by atoms with Crippen molar-refractivity contribution in [1.82, 2.24) is 0 Å². The van der Waals surface area contributed by atoms with E-state index in [0.717, 1.165) is 15.1 Å². The predicted octanol–water partition coefficient (Wildman–Crippen LogP) is 7.59. The highest BCUT2D eigenvalue weighted by atomic mass is 79.9. The minimum Gasteiger partial charge on any atom is -0.0831 e. The second-order valence-electron chi connectivity index (χ2n) is 5.71. The average molecular weight is 394 g/mol. The molecule has 0 aliphatic carbocycles. The Bertz CT molecular complexity index is 1040. The van der Waals surface area contributed by atoms with Crippen LogP contribution in [0.1, 0.15) is 0 Å². The van der Waals surface area contributed by atoms with E-state index in [1.165, 1.54) is 27.5 Å². The summed E-state index contributed by atoms with van der Waals surface area (Å²) in [5.41, 5.74) is 4.68. The first-order chi connectivity index (χ1) is 11.7. The molecule has 24 heavy (non-hydrogen) atoms. The van der Waals surface area contributed by atoms with Crippen molar-refractivity contribution in [1.29, 1.82) is 0 Å². The molecule has 2 heteroatoms. The van der Waals surface area contributed by atoms with E-state index in [-0.39, 0.29) is 0 Å². The van der Waals surface area contributed by atoms with Crippen molar-refractivity contribution in [2.45, 2.75) is 0 Å². The van der Waals surface area contributed by atoms with E-state index in [9.17, 15) is 0 Å². The fourth-order valence-electron chi connectivity index (χ4n) is 3.04. The zero-order valence-electron chi connectivity index (χ0n) is 12.8. The Morgan fingerprint density at radius 2 is 1.25 bits per heavy atom. The molecule has 0 nitrogen and oxygen atoms in total. The second kappa shape index (κ2) is 6.43. The molecule has 0 aromatic heterocycles. The van der Waals surface area contributed by atoms with Crippen molar-refractivity contribution in [3.8, 4) is 22.3 Å². The van der Waals surface area contributed by atoms with E-state index in [1.54, 1.807) is 0 Å². The van der Waals surface area contributed by atoms with Crippen LogP contribution >= 0.6 is 27.5 Å². The van der Waals surface area contributed by atoms with Crippen LogP contribution in [-0.4, -0.2) is 0 Å². The zero-order chi connectivity index (χ0) is 16.5. The van der Waals surface area contributed by atoms with Crippen LogP contribution in [0, 0.1) is 0 Å². The van der Waals surface area contributed by atoms with Crippen molar-refractivity contribution in [2.75, 3.05) is 0 Å². The number of fused-ring (bicyclic) bond motifs is 1. The van der Waals surface area contributed by atoms with E-state index in [2.05, 4.69) is 88.7 Å². The SMILES string of the molecule is Clc1cccc(-c2ccccc2-c2ccc3ccccc3c2)c1Br. The molecule has 0 aliphatic heterocycles. The molecular formula is C22H14BrCl. The lowest BCUT2D eigenvalue weighted by Crippen LogP contribution is -1.87. The van der Waals surface area contributed by atoms with Gasteiger partial charge in [-0.15, -0.1) is 0 Å². The van der Waals surface area contributed by atoms with Crippen LogP contribution < -0.4 is 0 Å². The van der Waals surface area contributed by atoms with E-state index < -0.39 is 0 Å². The van der Waals surface area contributed by atoms with Gasteiger partial charge in [0.2, 0.25) is 0 Å². The predicted molar refractivity (Wildman–Crippen MR) is 108 cm³/mol. The van der Waals surface area contributed by atoms with Crippen molar-refractivity contribution >= 4 is 38.3 Å². The smallest absolute Gasteiger partial charge is 0.0554 e. The first-order valence-electron chi connectivity index (χ1n) is 7.76. The fourth-order valence-corrected chi connectivity index (χ4v) is 3.69.